The average molecular weight is 865 g/mol. The Kier molecular flexibility index (Phi) is 21.6. The average Bonchev–Trinajstić information content (AvgIpc) is 3.70. The van der Waals surface area contributed by atoms with Crippen molar-refractivity contribution in [1.82, 2.24) is 31.5 Å². The maximum atomic E-state index is 14.0. The first-order valence-electron chi connectivity index (χ1n) is 20.1. The van der Waals surface area contributed by atoms with E-state index in [1.54, 1.807) is 13.8 Å². The molecule has 22 nitrogen and oxygen atoms in total. The zero-order valence-electron chi connectivity index (χ0n) is 34.3. The second-order valence-corrected chi connectivity index (χ2v) is 15.3. The second kappa shape index (κ2) is 25.7. The Bertz CT molecular complexity index is 1690. The fraction of sp³-hybridized carbons (Fsp3) is 0.615. The van der Waals surface area contributed by atoms with Crippen molar-refractivity contribution in [1.29, 1.82) is 0 Å². The van der Waals surface area contributed by atoms with Crippen molar-refractivity contribution in [2.45, 2.75) is 127 Å². The molecular weight excluding hydrogens is 804 g/mol. The van der Waals surface area contributed by atoms with Crippen LogP contribution in [-0.4, -0.2) is 146 Å². The quantitative estimate of drug-likeness (QED) is 0.0412. The molecule has 1 heterocycles. The van der Waals surface area contributed by atoms with Crippen molar-refractivity contribution < 1.29 is 68.7 Å². The van der Waals surface area contributed by atoms with Gasteiger partial charge in [-0.25, -0.2) is 4.79 Å². The van der Waals surface area contributed by atoms with Crippen molar-refractivity contribution >= 4 is 53.4 Å². The third-order valence-electron chi connectivity index (χ3n) is 9.83. The van der Waals surface area contributed by atoms with Crippen LogP contribution < -0.4 is 38.1 Å². The summed E-state index contributed by atoms with van der Waals surface area (Å²) in [5.74, 6) is -9.50. The largest absolute Gasteiger partial charge is 0.508 e. The van der Waals surface area contributed by atoms with Gasteiger partial charge in [0.05, 0.1) is 12.6 Å². The molecule has 14 N–H and O–H groups in total. The molecule has 0 saturated carbocycles. The van der Waals surface area contributed by atoms with E-state index in [4.69, 9.17) is 16.6 Å². The first-order valence-corrected chi connectivity index (χ1v) is 20.1. The summed E-state index contributed by atoms with van der Waals surface area (Å²) in [6.07, 6.45) is -0.486. The van der Waals surface area contributed by atoms with Gasteiger partial charge < -0.3 is 68.5 Å². The Balaban J connectivity index is 2.38. The number of benzene rings is 1. The predicted molar refractivity (Wildman–Crippen MR) is 215 cm³/mol. The van der Waals surface area contributed by atoms with Crippen LogP contribution in [0.2, 0.25) is 0 Å². The highest BCUT2D eigenvalue weighted by atomic mass is 16.4. The molecule has 340 valence electrons. The Labute approximate surface area is 352 Å². The van der Waals surface area contributed by atoms with Crippen LogP contribution in [0.5, 0.6) is 5.75 Å². The highest BCUT2D eigenvalue weighted by molar-refractivity contribution is 5.97. The summed E-state index contributed by atoms with van der Waals surface area (Å²) in [4.78, 5) is 117. The lowest BCUT2D eigenvalue weighted by molar-refractivity contribution is -0.149. The Morgan fingerprint density at radius 1 is 0.705 bits per heavy atom. The SMILES string of the molecule is CC(C)C[C@H](NC(=O)[C@H](CCC(=O)O)NC(=O)[C@H](Cc1ccc(O)cc1)NC(=O)[C@H](CO)NC(=O)[C@H](CCCCN)NC(=O)[C@@H](N)CCC(=O)O)C(=O)N1CCC[C@H]1C(=O)O. The van der Waals surface area contributed by atoms with Crippen LogP contribution in [0, 0.1) is 5.92 Å². The molecule has 22 heteroatoms. The number of rotatable bonds is 27. The van der Waals surface area contributed by atoms with Crippen molar-refractivity contribution in [3.8, 4) is 5.75 Å². The van der Waals surface area contributed by atoms with Crippen molar-refractivity contribution in [2.75, 3.05) is 19.7 Å². The van der Waals surface area contributed by atoms with Gasteiger partial charge in [-0.15, -0.1) is 0 Å². The number of hydrogen-bond donors (Lipinski definition) is 12. The van der Waals surface area contributed by atoms with Crippen LogP contribution in [-0.2, 0) is 49.6 Å². The number of carboxylic acids is 3. The number of carboxylic acid groups (broad SMARTS) is 3. The van der Waals surface area contributed by atoms with Gasteiger partial charge in [0.2, 0.25) is 35.4 Å². The monoisotopic (exact) mass is 864 g/mol. The lowest BCUT2D eigenvalue weighted by Crippen LogP contribution is -2.60. The van der Waals surface area contributed by atoms with Gasteiger partial charge in [-0.3, -0.25) is 38.4 Å². The van der Waals surface area contributed by atoms with E-state index in [0.717, 1.165) is 4.90 Å². The van der Waals surface area contributed by atoms with Crippen molar-refractivity contribution in [2.24, 2.45) is 17.4 Å². The summed E-state index contributed by atoms with van der Waals surface area (Å²) in [7, 11) is 0. The first kappa shape index (κ1) is 51.3. The molecule has 0 bridgehead atoms. The van der Waals surface area contributed by atoms with Gasteiger partial charge in [-0.05, 0) is 81.5 Å². The summed E-state index contributed by atoms with van der Waals surface area (Å²) in [6, 6.07) is -4.31. The standard InChI is InChI=1S/C39H60N8O14/c1-21(2)18-28(38(59)47-17-5-7-30(47)39(60)61)45-35(56)26(13-15-32(52)53)43-36(57)27(19-22-8-10-23(49)11-9-22)44-37(58)29(20-48)46-34(55)25(6-3-4-16-40)42-33(54)24(41)12-14-31(50)51/h8-11,21,24-30,48-49H,3-7,12-20,40-41H2,1-2H3,(H,42,54)(H,43,57)(H,44,58)(H,45,56)(H,46,55)(H,50,51)(H,52,53)(H,60,61)/t24-,25-,26-,27-,28-,29-,30-/m0/s1. The molecule has 7 atom stereocenters. The van der Waals surface area contributed by atoms with Crippen LogP contribution >= 0.6 is 0 Å². The van der Waals surface area contributed by atoms with Crippen LogP contribution in [0.1, 0.15) is 83.6 Å². The Hall–Kier alpha value is -5.87. The van der Waals surface area contributed by atoms with E-state index in [1.165, 1.54) is 24.3 Å². The number of amides is 6. The minimum absolute atomic E-state index is 0.0215. The summed E-state index contributed by atoms with van der Waals surface area (Å²) < 4.78 is 0. The number of aliphatic hydroxyl groups excluding tert-OH is 1. The van der Waals surface area contributed by atoms with E-state index < -0.39 is 122 Å². The summed E-state index contributed by atoms with van der Waals surface area (Å²) in [6.45, 7) is 2.94. The molecule has 0 spiro atoms. The Morgan fingerprint density at radius 3 is 1.77 bits per heavy atom. The van der Waals surface area contributed by atoms with E-state index in [-0.39, 0.29) is 56.9 Å². The molecule has 2 rings (SSSR count). The van der Waals surface area contributed by atoms with E-state index in [2.05, 4.69) is 26.6 Å². The van der Waals surface area contributed by atoms with E-state index in [0.29, 0.717) is 24.8 Å². The maximum Gasteiger partial charge on any atom is 0.326 e. The molecule has 0 radical (unpaired) electrons. The van der Waals surface area contributed by atoms with Gasteiger partial charge in [-0.1, -0.05) is 26.0 Å². The zero-order valence-corrected chi connectivity index (χ0v) is 34.3. The predicted octanol–water partition coefficient (Wildman–Crippen LogP) is -2.34. The molecule has 61 heavy (non-hydrogen) atoms. The smallest absolute Gasteiger partial charge is 0.326 e. The third kappa shape index (κ3) is 17.7. The molecular formula is C39H60N8O14. The highest BCUT2D eigenvalue weighted by Gasteiger charge is 2.39. The number of aliphatic hydroxyl groups is 1. The number of phenolic OH excluding ortho intramolecular Hbond substituents is 1. The number of carbonyl (C=O) groups excluding carboxylic acids is 6. The van der Waals surface area contributed by atoms with Gasteiger partial charge in [-0.2, -0.15) is 0 Å². The highest BCUT2D eigenvalue weighted by Crippen LogP contribution is 2.21. The van der Waals surface area contributed by atoms with Crippen molar-refractivity contribution in [3.63, 3.8) is 0 Å². The second-order valence-electron chi connectivity index (χ2n) is 15.3. The lowest BCUT2D eigenvalue weighted by Gasteiger charge is -2.30. The van der Waals surface area contributed by atoms with Crippen LogP contribution in [0.3, 0.4) is 0 Å². The van der Waals surface area contributed by atoms with E-state index >= 15 is 0 Å². The van der Waals surface area contributed by atoms with Crippen LogP contribution in [0.4, 0.5) is 0 Å². The molecule has 0 aliphatic carbocycles. The molecule has 1 fully saturated rings. The minimum atomic E-state index is -1.72. The Morgan fingerprint density at radius 2 is 1.21 bits per heavy atom. The fourth-order valence-electron chi connectivity index (χ4n) is 6.53. The first-order chi connectivity index (χ1) is 28.8. The minimum Gasteiger partial charge on any atom is -0.508 e. The lowest BCUT2D eigenvalue weighted by atomic mass is 10.0. The normalized spacial score (nSPS) is 16.6. The number of likely N-dealkylation sites (tertiary alicyclic amines) is 1. The molecule has 1 aliphatic rings. The molecule has 1 aromatic rings. The van der Waals surface area contributed by atoms with E-state index in [1.807, 2.05) is 0 Å². The van der Waals surface area contributed by atoms with E-state index in [9.17, 15) is 63.6 Å². The number of nitrogens with zero attached hydrogens (tertiary/aromatic N) is 1. The molecule has 6 amide bonds. The van der Waals surface area contributed by atoms with Gasteiger partial charge in [0, 0.05) is 25.8 Å². The number of carbonyl (C=O) groups is 9. The molecule has 0 unspecified atom stereocenters. The summed E-state index contributed by atoms with van der Waals surface area (Å²) in [5, 5.41) is 60.3. The van der Waals surface area contributed by atoms with Crippen molar-refractivity contribution in [3.05, 3.63) is 29.8 Å². The molecule has 1 saturated heterocycles. The molecule has 0 aromatic heterocycles. The fourth-order valence-corrected chi connectivity index (χ4v) is 6.53. The van der Waals surface area contributed by atoms with Gasteiger partial charge in [0.1, 0.15) is 42.0 Å². The summed E-state index contributed by atoms with van der Waals surface area (Å²) in [5.41, 5.74) is 11.8. The van der Waals surface area contributed by atoms with Crippen LogP contribution in [0.25, 0.3) is 0 Å². The number of aliphatic carboxylic acids is 3. The van der Waals surface area contributed by atoms with Gasteiger partial charge in [0.15, 0.2) is 0 Å². The summed E-state index contributed by atoms with van der Waals surface area (Å²) >= 11 is 0. The third-order valence-corrected chi connectivity index (χ3v) is 9.83. The zero-order chi connectivity index (χ0) is 45.8. The number of nitrogens with one attached hydrogen (secondary N) is 5. The number of nitrogens with two attached hydrogens (primary N) is 2. The number of unbranched alkanes of at least 4 members (excludes halogenated alkanes) is 1. The number of aromatic hydroxyl groups is 1. The molecule has 1 aromatic carbocycles. The number of hydrogen-bond acceptors (Lipinski definition) is 13. The maximum absolute atomic E-state index is 14.0. The van der Waals surface area contributed by atoms with Gasteiger partial charge in [0.25, 0.3) is 0 Å². The van der Waals surface area contributed by atoms with Crippen LogP contribution in [0.15, 0.2) is 24.3 Å². The van der Waals surface area contributed by atoms with Gasteiger partial charge >= 0.3 is 17.9 Å². The topological polar surface area (TPSA) is 370 Å². The number of phenols is 1. The molecule has 1 aliphatic heterocycles.